The van der Waals surface area contributed by atoms with Gasteiger partial charge in [-0.25, -0.2) is 14.3 Å². The van der Waals surface area contributed by atoms with Crippen LogP contribution < -0.4 is 15.5 Å². The lowest BCUT2D eigenvalue weighted by Gasteiger charge is -2.40. The zero-order valence-corrected chi connectivity index (χ0v) is 24.7. The molecule has 40 heavy (non-hydrogen) atoms. The standard InChI is InChI=1S/C31H39ClN6O2/c1-6-22-12-9-13-23(7-2)27(22)38-29-24(17-25(32)30(33-29)36-14-10-11-20(4)18-36)28(34-31(38)40)37-16-15-35(19-21(37)5)26(39)8-3/h8-9,12-13,17,20-21H,3,6-7,10-11,14-16,18-19H2,1-2,4-5H3. The van der Waals surface area contributed by atoms with E-state index in [1.165, 1.54) is 12.5 Å². The normalized spacial score (nSPS) is 19.8. The van der Waals surface area contributed by atoms with Gasteiger partial charge < -0.3 is 14.7 Å². The summed E-state index contributed by atoms with van der Waals surface area (Å²) in [5.74, 6) is 1.73. The molecule has 4 heterocycles. The zero-order chi connectivity index (χ0) is 28.6. The fourth-order valence-corrected chi connectivity index (χ4v) is 6.49. The molecule has 8 nitrogen and oxygen atoms in total. The van der Waals surface area contributed by atoms with Crippen LogP contribution in [0, 0.1) is 5.92 Å². The van der Waals surface area contributed by atoms with Crippen molar-refractivity contribution in [2.75, 3.05) is 42.5 Å². The number of piperazine rings is 1. The van der Waals surface area contributed by atoms with Gasteiger partial charge in [0.05, 0.1) is 16.1 Å². The van der Waals surface area contributed by atoms with E-state index in [-0.39, 0.29) is 17.6 Å². The molecule has 0 saturated carbocycles. The van der Waals surface area contributed by atoms with Crippen LogP contribution in [0.15, 0.2) is 41.7 Å². The largest absolute Gasteiger partial charge is 0.355 e. The van der Waals surface area contributed by atoms with Crippen LogP contribution in [0.25, 0.3) is 16.7 Å². The molecule has 2 atom stereocenters. The molecule has 212 valence electrons. The van der Waals surface area contributed by atoms with Crippen molar-refractivity contribution in [3.8, 4) is 5.69 Å². The van der Waals surface area contributed by atoms with Crippen molar-refractivity contribution >= 4 is 40.2 Å². The first-order chi connectivity index (χ1) is 19.3. The molecule has 0 bridgehead atoms. The first-order valence-electron chi connectivity index (χ1n) is 14.4. The number of benzene rings is 1. The number of hydrogen-bond acceptors (Lipinski definition) is 6. The number of para-hydroxylation sites is 1. The maximum atomic E-state index is 14.0. The van der Waals surface area contributed by atoms with E-state index >= 15 is 0 Å². The second kappa shape index (κ2) is 11.6. The Hall–Kier alpha value is -3.39. The lowest BCUT2D eigenvalue weighted by molar-refractivity contribution is -0.126. The molecule has 2 aliphatic heterocycles. The lowest BCUT2D eigenvalue weighted by Crippen LogP contribution is -2.54. The second-order valence-electron chi connectivity index (χ2n) is 11.1. The van der Waals surface area contributed by atoms with Gasteiger partial charge in [-0.05, 0) is 61.8 Å². The first kappa shape index (κ1) is 28.1. The van der Waals surface area contributed by atoms with Gasteiger partial charge in [0.2, 0.25) is 5.91 Å². The molecule has 0 N–H and O–H groups in total. The smallest absolute Gasteiger partial charge is 0.355 e. The molecule has 0 radical (unpaired) electrons. The third-order valence-electron chi connectivity index (χ3n) is 8.31. The Balaban J connectivity index is 1.75. The minimum atomic E-state index is -0.359. The zero-order valence-electron chi connectivity index (χ0n) is 24.0. The quantitative estimate of drug-likeness (QED) is 0.393. The van der Waals surface area contributed by atoms with E-state index in [4.69, 9.17) is 16.6 Å². The van der Waals surface area contributed by atoms with Crippen molar-refractivity contribution in [2.45, 2.75) is 59.4 Å². The van der Waals surface area contributed by atoms with E-state index in [1.807, 2.05) is 19.1 Å². The molecule has 9 heteroatoms. The van der Waals surface area contributed by atoms with Crippen LogP contribution >= 0.6 is 11.6 Å². The minimum absolute atomic E-state index is 0.0564. The average Bonchev–Trinajstić information content (AvgIpc) is 2.96. The first-order valence-corrected chi connectivity index (χ1v) is 14.8. The summed E-state index contributed by atoms with van der Waals surface area (Å²) >= 11 is 6.97. The number of nitrogens with zero attached hydrogens (tertiary/aromatic N) is 6. The van der Waals surface area contributed by atoms with E-state index in [1.54, 1.807) is 9.47 Å². The van der Waals surface area contributed by atoms with Crippen molar-refractivity contribution in [1.29, 1.82) is 0 Å². The number of hydrogen-bond donors (Lipinski definition) is 0. The number of pyridine rings is 1. The summed E-state index contributed by atoms with van der Waals surface area (Å²) in [6, 6.07) is 8.07. The topological polar surface area (TPSA) is 74.6 Å². The van der Waals surface area contributed by atoms with Gasteiger partial charge in [0.15, 0.2) is 5.65 Å². The third kappa shape index (κ3) is 5.09. The molecular formula is C31H39ClN6O2. The van der Waals surface area contributed by atoms with E-state index < -0.39 is 0 Å². The average molecular weight is 563 g/mol. The van der Waals surface area contributed by atoms with Crippen LogP contribution in [0.4, 0.5) is 11.6 Å². The van der Waals surface area contributed by atoms with Crippen LogP contribution in [0.3, 0.4) is 0 Å². The maximum absolute atomic E-state index is 14.0. The van der Waals surface area contributed by atoms with Gasteiger partial charge in [-0.3, -0.25) is 4.79 Å². The monoisotopic (exact) mass is 562 g/mol. The van der Waals surface area contributed by atoms with Gasteiger partial charge in [0, 0.05) is 38.8 Å². The summed E-state index contributed by atoms with van der Waals surface area (Å²) in [4.78, 5) is 42.3. The van der Waals surface area contributed by atoms with E-state index in [2.05, 4.69) is 54.3 Å². The van der Waals surface area contributed by atoms with Gasteiger partial charge in [-0.2, -0.15) is 4.98 Å². The molecule has 3 aromatic rings. The Morgan fingerprint density at radius 1 is 1.07 bits per heavy atom. The molecule has 2 aliphatic rings. The van der Waals surface area contributed by atoms with Gasteiger partial charge in [-0.1, -0.05) is 57.2 Å². The fraction of sp³-hybridized carbons (Fsp3) is 0.484. The molecule has 0 aliphatic carbocycles. The van der Waals surface area contributed by atoms with E-state index in [0.29, 0.717) is 47.9 Å². The summed E-state index contributed by atoms with van der Waals surface area (Å²) < 4.78 is 1.70. The Morgan fingerprint density at radius 3 is 2.42 bits per heavy atom. The molecule has 2 unspecified atom stereocenters. The molecule has 0 spiro atoms. The number of halogens is 1. The Bertz CT molecular complexity index is 1480. The second-order valence-corrected chi connectivity index (χ2v) is 11.5. The predicted octanol–water partition coefficient (Wildman–Crippen LogP) is 5.02. The number of carbonyl (C=O) groups is 1. The molecule has 2 fully saturated rings. The SMILES string of the molecule is C=CC(=O)N1CCN(c2nc(=O)n(-c3c(CC)cccc3CC)c3nc(N4CCCC(C)C4)c(Cl)cc23)C(C)C1. The summed E-state index contributed by atoms with van der Waals surface area (Å²) in [6.45, 7) is 15.5. The van der Waals surface area contributed by atoms with Gasteiger partial charge >= 0.3 is 5.69 Å². The van der Waals surface area contributed by atoms with Crippen molar-refractivity contribution < 1.29 is 4.79 Å². The third-order valence-corrected chi connectivity index (χ3v) is 8.59. The lowest BCUT2D eigenvalue weighted by atomic mass is 10.0. The number of fused-ring (bicyclic) bond motifs is 1. The molecule has 2 aromatic heterocycles. The Kier molecular flexibility index (Phi) is 8.17. The number of carbonyl (C=O) groups excluding carboxylic acids is 1. The van der Waals surface area contributed by atoms with Crippen molar-refractivity contribution in [3.63, 3.8) is 0 Å². The van der Waals surface area contributed by atoms with Gasteiger partial charge in [0.25, 0.3) is 0 Å². The van der Waals surface area contributed by atoms with Crippen LogP contribution in [0.1, 0.15) is 51.7 Å². The number of anilines is 2. The van der Waals surface area contributed by atoms with E-state index in [0.717, 1.165) is 54.6 Å². The van der Waals surface area contributed by atoms with Crippen molar-refractivity contribution in [3.05, 3.63) is 63.6 Å². The van der Waals surface area contributed by atoms with E-state index in [9.17, 15) is 9.59 Å². The summed E-state index contributed by atoms with van der Waals surface area (Å²) in [6.07, 6.45) is 5.16. The van der Waals surface area contributed by atoms with Gasteiger partial charge in [-0.15, -0.1) is 0 Å². The number of rotatable bonds is 6. The Labute approximate surface area is 241 Å². The summed E-state index contributed by atoms with van der Waals surface area (Å²) in [5, 5.41) is 1.30. The fourth-order valence-electron chi connectivity index (χ4n) is 6.22. The van der Waals surface area contributed by atoms with Crippen molar-refractivity contribution in [1.82, 2.24) is 19.4 Å². The molecule has 2 saturated heterocycles. The minimum Gasteiger partial charge on any atom is -0.355 e. The Morgan fingerprint density at radius 2 is 1.80 bits per heavy atom. The molecular weight excluding hydrogens is 524 g/mol. The van der Waals surface area contributed by atoms with Gasteiger partial charge in [0.1, 0.15) is 11.6 Å². The number of piperidine rings is 1. The number of amides is 1. The van der Waals surface area contributed by atoms with Crippen LogP contribution in [0.2, 0.25) is 5.02 Å². The molecule has 1 aromatic carbocycles. The van der Waals surface area contributed by atoms with Crippen LogP contribution in [0.5, 0.6) is 0 Å². The summed E-state index contributed by atoms with van der Waals surface area (Å²) in [5.41, 5.74) is 3.23. The predicted molar refractivity (Wildman–Crippen MR) is 163 cm³/mol. The summed E-state index contributed by atoms with van der Waals surface area (Å²) in [7, 11) is 0. The highest BCUT2D eigenvalue weighted by molar-refractivity contribution is 6.33. The maximum Gasteiger partial charge on any atom is 0.355 e. The highest BCUT2D eigenvalue weighted by atomic mass is 35.5. The van der Waals surface area contributed by atoms with Crippen LogP contribution in [-0.4, -0.2) is 64.1 Å². The highest BCUT2D eigenvalue weighted by Crippen LogP contribution is 2.36. The number of aryl methyl sites for hydroxylation is 2. The number of aromatic nitrogens is 3. The van der Waals surface area contributed by atoms with Crippen molar-refractivity contribution in [2.24, 2.45) is 5.92 Å². The highest BCUT2D eigenvalue weighted by Gasteiger charge is 2.31. The molecule has 5 rings (SSSR count). The van der Waals surface area contributed by atoms with Crippen LogP contribution in [-0.2, 0) is 17.6 Å². The molecule has 1 amide bonds.